The van der Waals surface area contributed by atoms with Crippen LogP contribution in [-0.2, 0) is 4.79 Å². The molecule has 106 valence electrons. The van der Waals surface area contributed by atoms with E-state index in [1.807, 2.05) is 0 Å². The zero-order valence-corrected chi connectivity index (χ0v) is 12.6. The van der Waals surface area contributed by atoms with E-state index in [2.05, 4.69) is 50.0 Å². The Bertz CT molecular complexity index is 394. The standard InChI is InChI=1S/C17H27NO/c1-4-18(5-2)17(14-10-7-11-15(17)19)16(3)12-8-6-9-13-16/h6,8-9,12H,4-5,7,10-11,13-14H2,1-3H3/t16?,17-/m1/s1. The maximum absolute atomic E-state index is 12.9. The minimum Gasteiger partial charge on any atom is -0.298 e. The fourth-order valence-corrected chi connectivity index (χ4v) is 4.11. The third-order valence-corrected chi connectivity index (χ3v) is 5.15. The van der Waals surface area contributed by atoms with Gasteiger partial charge in [0.25, 0.3) is 0 Å². The number of nitrogens with zero attached hydrogens (tertiary/aromatic N) is 1. The van der Waals surface area contributed by atoms with E-state index >= 15 is 0 Å². The number of allylic oxidation sites excluding steroid dienone is 3. The number of Topliss-reactive ketones (excluding diaryl/α,β-unsaturated/α-hetero) is 1. The molecule has 0 spiro atoms. The first-order valence-electron chi connectivity index (χ1n) is 7.73. The van der Waals surface area contributed by atoms with Crippen molar-refractivity contribution in [2.45, 2.75) is 58.4 Å². The van der Waals surface area contributed by atoms with Crippen LogP contribution in [0.25, 0.3) is 0 Å². The van der Waals surface area contributed by atoms with Gasteiger partial charge in [-0.25, -0.2) is 0 Å². The zero-order valence-electron chi connectivity index (χ0n) is 12.6. The Morgan fingerprint density at radius 3 is 2.47 bits per heavy atom. The van der Waals surface area contributed by atoms with Crippen molar-refractivity contribution in [2.75, 3.05) is 13.1 Å². The quantitative estimate of drug-likeness (QED) is 0.768. The van der Waals surface area contributed by atoms with Crippen molar-refractivity contribution < 1.29 is 4.79 Å². The Kier molecular flexibility index (Phi) is 4.29. The molecular formula is C17H27NO. The fourth-order valence-electron chi connectivity index (χ4n) is 4.11. The molecule has 0 bridgehead atoms. The number of hydrogen-bond donors (Lipinski definition) is 0. The Morgan fingerprint density at radius 1 is 1.21 bits per heavy atom. The summed E-state index contributed by atoms with van der Waals surface area (Å²) in [5, 5.41) is 0. The van der Waals surface area contributed by atoms with E-state index < -0.39 is 0 Å². The van der Waals surface area contributed by atoms with Crippen molar-refractivity contribution in [2.24, 2.45) is 5.41 Å². The van der Waals surface area contributed by atoms with Gasteiger partial charge < -0.3 is 0 Å². The molecule has 1 saturated carbocycles. The van der Waals surface area contributed by atoms with Crippen molar-refractivity contribution in [3.05, 3.63) is 24.3 Å². The van der Waals surface area contributed by atoms with Gasteiger partial charge in [-0.2, -0.15) is 0 Å². The number of likely N-dealkylation sites (N-methyl/N-ethyl adjacent to an activating group) is 1. The van der Waals surface area contributed by atoms with E-state index in [-0.39, 0.29) is 11.0 Å². The van der Waals surface area contributed by atoms with Gasteiger partial charge in [0.1, 0.15) is 0 Å². The van der Waals surface area contributed by atoms with Crippen LogP contribution in [-0.4, -0.2) is 29.3 Å². The zero-order chi connectivity index (χ0) is 13.9. The third kappa shape index (κ3) is 2.20. The van der Waals surface area contributed by atoms with E-state index in [1.165, 1.54) is 6.42 Å². The first-order valence-corrected chi connectivity index (χ1v) is 7.73. The summed E-state index contributed by atoms with van der Waals surface area (Å²) in [5.41, 5.74) is -0.332. The largest absolute Gasteiger partial charge is 0.298 e. The van der Waals surface area contributed by atoms with Crippen molar-refractivity contribution in [1.29, 1.82) is 0 Å². The Hall–Kier alpha value is -0.890. The maximum atomic E-state index is 12.9. The molecule has 0 aromatic rings. The number of carbonyl (C=O) groups is 1. The molecule has 19 heavy (non-hydrogen) atoms. The lowest BCUT2D eigenvalue weighted by molar-refractivity contribution is -0.142. The van der Waals surface area contributed by atoms with E-state index in [0.29, 0.717) is 5.78 Å². The summed E-state index contributed by atoms with van der Waals surface area (Å²) in [6.07, 6.45) is 13.7. The van der Waals surface area contributed by atoms with Crippen LogP contribution in [0.5, 0.6) is 0 Å². The van der Waals surface area contributed by atoms with Crippen LogP contribution in [0, 0.1) is 5.41 Å². The van der Waals surface area contributed by atoms with Gasteiger partial charge in [-0.3, -0.25) is 9.69 Å². The predicted molar refractivity (Wildman–Crippen MR) is 80.1 cm³/mol. The van der Waals surface area contributed by atoms with Gasteiger partial charge >= 0.3 is 0 Å². The molecule has 0 saturated heterocycles. The van der Waals surface area contributed by atoms with Gasteiger partial charge in [-0.05, 0) is 32.4 Å². The Labute approximate surface area is 117 Å². The van der Waals surface area contributed by atoms with Gasteiger partial charge in [0, 0.05) is 11.8 Å². The second-order valence-corrected chi connectivity index (χ2v) is 6.07. The molecule has 2 aliphatic rings. The van der Waals surface area contributed by atoms with Crippen molar-refractivity contribution in [1.82, 2.24) is 4.90 Å². The van der Waals surface area contributed by atoms with Crippen LogP contribution in [0.1, 0.15) is 52.9 Å². The lowest BCUT2D eigenvalue weighted by Crippen LogP contribution is -2.64. The molecule has 2 heteroatoms. The minimum atomic E-state index is -0.282. The summed E-state index contributed by atoms with van der Waals surface area (Å²) < 4.78 is 0. The smallest absolute Gasteiger partial charge is 0.153 e. The molecule has 0 heterocycles. The second-order valence-electron chi connectivity index (χ2n) is 6.07. The molecule has 0 amide bonds. The summed E-state index contributed by atoms with van der Waals surface area (Å²) in [7, 11) is 0. The lowest BCUT2D eigenvalue weighted by Gasteiger charge is -2.54. The minimum absolute atomic E-state index is 0.0503. The fraction of sp³-hybridized carbons (Fsp3) is 0.706. The predicted octanol–water partition coefficient (Wildman–Crippen LogP) is 3.73. The first-order chi connectivity index (χ1) is 9.10. The normalized spacial score (nSPS) is 35.1. The molecule has 0 aromatic carbocycles. The molecule has 0 radical (unpaired) electrons. The highest BCUT2D eigenvalue weighted by molar-refractivity contribution is 5.90. The van der Waals surface area contributed by atoms with Crippen molar-refractivity contribution in [3.8, 4) is 0 Å². The molecule has 1 unspecified atom stereocenters. The highest BCUT2D eigenvalue weighted by Crippen LogP contribution is 2.48. The number of rotatable bonds is 4. The van der Waals surface area contributed by atoms with E-state index in [0.717, 1.165) is 38.8 Å². The van der Waals surface area contributed by atoms with Crippen LogP contribution in [0.3, 0.4) is 0 Å². The number of carbonyl (C=O) groups excluding carboxylic acids is 1. The highest BCUT2D eigenvalue weighted by Gasteiger charge is 2.54. The summed E-state index contributed by atoms with van der Waals surface area (Å²) in [5.74, 6) is 0.463. The molecule has 2 aliphatic carbocycles. The number of ketones is 1. The molecule has 2 rings (SSSR count). The molecule has 1 fully saturated rings. The number of hydrogen-bond acceptors (Lipinski definition) is 2. The Balaban J connectivity index is 2.47. The summed E-state index contributed by atoms with van der Waals surface area (Å²) in [4.78, 5) is 15.3. The average Bonchev–Trinajstić information content (AvgIpc) is 2.43. The SMILES string of the molecule is CCN(CC)[C@]1(C2(C)C=CC=CC2)CCCCC1=O. The second kappa shape index (κ2) is 5.62. The summed E-state index contributed by atoms with van der Waals surface area (Å²) in [6, 6.07) is 0. The first kappa shape index (κ1) is 14.5. The van der Waals surface area contributed by atoms with Crippen LogP contribution < -0.4 is 0 Å². The van der Waals surface area contributed by atoms with Crippen LogP contribution in [0.15, 0.2) is 24.3 Å². The van der Waals surface area contributed by atoms with Crippen molar-refractivity contribution >= 4 is 5.78 Å². The van der Waals surface area contributed by atoms with Gasteiger partial charge in [0.2, 0.25) is 0 Å². The Morgan fingerprint density at radius 2 is 1.95 bits per heavy atom. The van der Waals surface area contributed by atoms with E-state index in [9.17, 15) is 4.79 Å². The van der Waals surface area contributed by atoms with Crippen LogP contribution >= 0.6 is 0 Å². The molecule has 0 aromatic heterocycles. The molecule has 2 atom stereocenters. The van der Waals surface area contributed by atoms with Gasteiger partial charge in [-0.1, -0.05) is 51.5 Å². The molecule has 0 N–H and O–H groups in total. The van der Waals surface area contributed by atoms with Crippen LogP contribution in [0.4, 0.5) is 0 Å². The van der Waals surface area contributed by atoms with Crippen molar-refractivity contribution in [3.63, 3.8) is 0 Å². The third-order valence-electron chi connectivity index (χ3n) is 5.15. The summed E-state index contributed by atoms with van der Waals surface area (Å²) in [6.45, 7) is 8.54. The summed E-state index contributed by atoms with van der Waals surface area (Å²) >= 11 is 0. The average molecular weight is 261 g/mol. The molecular weight excluding hydrogens is 234 g/mol. The van der Waals surface area contributed by atoms with E-state index in [4.69, 9.17) is 0 Å². The monoisotopic (exact) mass is 261 g/mol. The molecule has 0 aliphatic heterocycles. The lowest BCUT2D eigenvalue weighted by atomic mass is 9.59. The topological polar surface area (TPSA) is 20.3 Å². The molecule has 2 nitrogen and oxygen atoms in total. The van der Waals surface area contributed by atoms with Gasteiger partial charge in [-0.15, -0.1) is 0 Å². The van der Waals surface area contributed by atoms with Crippen LogP contribution in [0.2, 0.25) is 0 Å². The van der Waals surface area contributed by atoms with Gasteiger partial charge in [0.05, 0.1) is 5.54 Å². The van der Waals surface area contributed by atoms with Gasteiger partial charge in [0.15, 0.2) is 5.78 Å². The van der Waals surface area contributed by atoms with E-state index in [1.54, 1.807) is 0 Å². The maximum Gasteiger partial charge on any atom is 0.153 e. The highest BCUT2D eigenvalue weighted by atomic mass is 16.1.